The van der Waals surface area contributed by atoms with Crippen LogP contribution in [0.25, 0.3) is 33.2 Å². The number of para-hydroxylation sites is 1. The van der Waals surface area contributed by atoms with Gasteiger partial charge in [0.2, 0.25) is 0 Å². The van der Waals surface area contributed by atoms with E-state index in [0.717, 1.165) is 57.2 Å². The zero-order chi connectivity index (χ0) is 20.7. The number of aryl methyl sites for hydroxylation is 1. The maximum atomic E-state index is 11.4. The normalized spacial score (nSPS) is 18.2. The van der Waals surface area contributed by atoms with Gasteiger partial charge < -0.3 is 15.4 Å². The molecule has 2 atom stereocenters. The molecule has 3 heterocycles. The Morgan fingerprint density at radius 2 is 1.93 bits per heavy atom. The lowest BCUT2D eigenvalue weighted by Gasteiger charge is -2.18. The predicted molar refractivity (Wildman–Crippen MR) is 121 cm³/mol. The second-order valence-corrected chi connectivity index (χ2v) is 7.90. The van der Waals surface area contributed by atoms with E-state index in [9.17, 15) is 4.79 Å². The molecule has 0 amide bonds. The topological polar surface area (TPSA) is 71.8 Å². The highest BCUT2D eigenvalue weighted by Crippen LogP contribution is 2.40. The predicted octanol–water partition coefficient (Wildman–Crippen LogP) is 4.49. The highest BCUT2D eigenvalue weighted by molar-refractivity contribution is 6.02. The van der Waals surface area contributed by atoms with Crippen molar-refractivity contribution in [3.8, 4) is 22.4 Å². The monoisotopic (exact) mass is 397 g/mol. The SMILES string of the molecule is C[C@@H]1CC(C=O)Nc2cccc(-c3cccc4cc(-c5cnn(C)c5)ncc34)c2N1. The summed E-state index contributed by atoms with van der Waals surface area (Å²) < 4.78 is 1.78. The van der Waals surface area contributed by atoms with Gasteiger partial charge in [0.15, 0.2) is 0 Å². The number of carbonyl (C=O) groups is 1. The van der Waals surface area contributed by atoms with Crippen LogP contribution in [0.15, 0.2) is 61.1 Å². The summed E-state index contributed by atoms with van der Waals surface area (Å²) in [6.07, 6.45) is 7.46. The Morgan fingerprint density at radius 1 is 1.10 bits per heavy atom. The van der Waals surface area contributed by atoms with Gasteiger partial charge in [-0.05, 0) is 36.4 Å². The van der Waals surface area contributed by atoms with Crippen molar-refractivity contribution >= 4 is 28.4 Å². The van der Waals surface area contributed by atoms with Crippen LogP contribution in [-0.4, -0.2) is 33.1 Å². The third-order valence-electron chi connectivity index (χ3n) is 5.62. The molecule has 2 aromatic carbocycles. The number of nitrogens with zero attached hydrogens (tertiary/aromatic N) is 3. The highest BCUT2D eigenvalue weighted by Gasteiger charge is 2.22. The lowest BCUT2D eigenvalue weighted by molar-refractivity contribution is -0.108. The van der Waals surface area contributed by atoms with Gasteiger partial charge in [0, 0.05) is 42.0 Å². The molecule has 0 spiro atoms. The number of aldehydes is 1. The number of rotatable bonds is 3. The van der Waals surface area contributed by atoms with E-state index in [1.807, 2.05) is 37.8 Å². The first kappa shape index (κ1) is 18.4. The molecule has 1 unspecified atom stereocenters. The number of nitrogens with one attached hydrogen (secondary N) is 2. The summed E-state index contributed by atoms with van der Waals surface area (Å²) >= 11 is 0. The summed E-state index contributed by atoms with van der Waals surface area (Å²) in [5.74, 6) is 0. The Morgan fingerprint density at radius 3 is 2.73 bits per heavy atom. The van der Waals surface area contributed by atoms with E-state index < -0.39 is 0 Å². The molecule has 0 radical (unpaired) electrons. The first-order valence-electron chi connectivity index (χ1n) is 10.1. The van der Waals surface area contributed by atoms with E-state index >= 15 is 0 Å². The molecule has 5 rings (SSSR count). The molecule has 0 saturated heterocycles. The molecule has 6 heteroatoms. The Labute approximate surface area is 174 Å². The summed E-state index contributed by atoms with van der Waals surface area (Å²) in [6.45, 7) is 2.11. The summed E-state index contributed by atoms with van der Waals surface area (Å²) in [7, 11) is 1.90. The van der Waals surface area contributed by atoms with Crippen molar-refractivity contribution in [1.29, 1.82) is 0 Å². The minimum atomic E-state index is -0.194. The molecule has 0 fully saturated rings. The van der Waals surface area contributed by atoms with Gasteiger partial charge in [0.25, 0.3) is 0 Å². The van der Waals surface area contributed by atoms with Gasteiger partial charge in [-0.1, -0.05) is 30.3 Å². The largest absolute Gasteiger partial charge is 0.380 e. The zero-order valence-electron chi connectivity index (χ0n) is 17.0. The fourth-order valence-electron chi connectivity index (χ4n) is 4.20. The van der Waals surface area contributed by atoms with E-state index in [0.29, 0.717) is 0 Å². The van der Waals surface area contributed by atoms with Crippen LogP contribution in [-0.2, 0) is 11.8 Å². The zero-order valence-corrected chi connectivity index (χ0v) is 17.0. The molecule has 1 aliphatic heterocycles. The molecule has 2 aromatic heterocycles. The van der Waals surface area contributed by atoms with Crippen LogP contribution in [0.1, 0.15) is 13.3 Å². The molecular weight excluding hydrogens is 374 g/mol. The molecule has 2 N–H and O–H groups in total. The molecule has 6 nitrogen and oxygen atoms in total. The molecule has 30 heavy (non-hydrogen) atoms. The van der Waals surface area contributed by atoms with Crippen molar-refractivity contribution in [2.24, 2.45) is 7.05 Å². The van der Waals surface area contributed by atoms with Crippen molar-refractivity contribution in [2.75, 3.05) is 10.6 Å². The summed E-state index contributed by atoms with van der Waals surface area (Å²) in [5.41, 5.74) is 6.09. The summed E-state index contributed by atoms with van der Waals surface area (Å²) in [6, 6.07) is 14.6. The van der Waals surface area contributed by atoms with E-state index in [1.165, 1.54) is 0 Å². The third kappa shape index (κ3) is 3.20. The molecule has 150 valence electrons. The number of fused-ring (bicyclic) bond motifs is 2. The fraction of sp³-hybridized carbons (Fsp3) is 0.208. The van der Waals surface area contributed by atoms with Crippen molar-refractivity contribution in [3.63, 3.8) is 0 Å². The number of anilines is 2. The van der Waals surface area contributed by atoms with Crippen molar-refractivity contribution in [2.45, 2.75) is 25.4 Å². The average molecular weight is 397 g/mol. The molecular formula is C24H23N5O. The van der Waals surface area contributed by atoms with E-state index in [2.05, 4.69) is 53.0 Å². The molecule has 0 saturated carbocycles. The highest BCUT2D eigenvalue weighted by atomic mass is 16.1. The minimum absolute atomic E-state index is 0.181. The standard InChI is InChI=1S/C24H23N5O/c1-15-9-18(14-30)28-22-8-4-7-20(24(22)27-15)19-6-3-5-16-10-23(25-12-21(16)19)17-11-26-29(2)13-17/h3-8,10-15,18,27-28H,9H2,1-2H3/t15-,18?/m1/s1. The lowest BCUT2D eigenvalue weighted by Crippen LogP contribution is -2.25. The van der Waals surface area contributed by atoms with E-state index in [-0.39, 0.29) is 12.1 Å². The van der Waals surface area contributed by atoms with Crippen LogP contribution in [0.4, 0.5) is 11.4 Å². The number of benzene rings is 2. The van der Waals surface area contributed by atoms with Crippen molar-refractivity contribution < 1.29 is 4.79 Å². The smallest absolute Gasteiger partial charge is 0.142 e. The van der Waals surface area contributed by atoms with Crippen molar-refractivity contribution in [3.05, 3.63) is 61.1 Å². The summed E-state index contributed by atoms with van der Waals surface area (Å²) in [5, 5.41) is 13.4. The second kappa shape index (κ2) is 7.30. The Bertz CT molecular complexity index is 1250. The van der Waals surface area contributed by atoms with Crippen LogP contribution in [0, 0.1) is 0 Å². The quantitative estimate of drug-likeness (QED) is 0.499. The van der Waals surface area contributed by atoms with Crippen LogP contribution >= 0.6 is 0 Å². The van der Waals surface area contributed by atoms with Gasteiger partial charge in [0.05, 0.1) is 29.3 Å². The average Bonchev–Trinajstić information content (AvgIpc) is 3.11. The second-order valence-electron chi connectivity index (χ2n) is 7.90. The third-order valence-corrected chi connectivity index (χ3v) is 5.62. The van der Waals surface area contributed by atoms with Gasteiger partial charge in [-0.25, -0.2) is 0 Å². The Hall–Kier alpha value is -3.67. The van der Waals surface area contributed by atoms with Crippen LogP contribution in [0.5, 0.6) is 0 Å². The van der Waals surface area contributed by atoms with Crippen molar-refractivity contribution in [1.82, 2.24) is 14.8 Å². The first-order valence-corrected chi connectivity index (χ1v) is 10.1. The van der Waals surface area contributed by atoms with E-state index in [4.69, 9.17) is 4.98 Å². The van der Waals surface area contributed by atoms with Crippen LogP contribution < -0.4 is 10.6 Å². The number of carbonyl (C=O) groups excluding carboxylic acids is 1. The Kier molecular flexibility index (Phi) is 4.47. The van der Waals surface area contributed by atoms with Gasteiger partial charge in [-0.2, -0.15) is 5.10 Å². The van der Waals surface area contributed by atoms with Gasteiger partial charge in [0.1, 0.15) is 6.29 Å². The summed E-state index contributed by atoms with van der Waals surface area (Å²) in [4.78, 5) is 16.2. The molecule has 1 aliphatic rings. The first-order chi connectivity index (χ1) is 14.6. The maximum Gasteiger partial charge on any atom is 0.142 e. The number of hydrogen-bond donors (Lipinski definition) is 2. The molecule has 4 aromatic rings. The lowest BCUT2D eigenvalue weighted by atomic mass is 9.96. The Balaban J connectivity index is 1.65. The van der Waals surface area contributed by atoms with Gasteiger partial charge in [-0.15, -0.1) is 0 Å². The van der Waals surface area contributed by atoms with Gasteiger partial charge in [-0.3, -0.25) is 9.67 Å². The number of pyridine rings is 1. The van der Waals surface area contributed by atoms with E-state index in [1.54, 1.807) is 4.68 Å². The number of hydrogen-bond acceptors (Lipinski definition) is 5. The van der Waals surface area contributed by atoms with Crippen LogP contribution in [0.2, 0.25) is 0 Å². The minimum Gasteiger partial charge on any atom is -0.380 e. The van der Waals surface area contributed by atoms with Crippen LogP contribution in [0.3, 0.4) is 0 Å². The van der Waals surface area contributed by atoms with Gasteiger partial charge >= 0.3 is 0 Å². The fourth-order valence-corrected chi connectivity index (χ4v) is 4.20. The maximum absolute atomic E-state index is 11.4. The molecule has 0 bridgehead atoms. The number of aromatic nitrogens is 3. The molecule has 0 aliphatic carbocycles.